The highest BCUT2D eigenvalue weighted by Crippen LogP contribution is 2.27. The fourth-order valence-corrected chi connectivity index (χ4v) is 4.91. The Hall–Kier alpha value is -2.84. The SMILES string of the molecule is Cc1cc(NC2CCC(OCC(=O)N3CCN(c4cccc(Cl)c4)CC3)CC2)ccc1[N+](=O)[O-]. The molecule has 9 heteroatoms. The Morgan fingerprint density at radius 2 is 1.85 bits per heavy atom. The van der Waals surface area contributed by atoms with Gasteiger partial charge in [0.15, 0.2) is 0 Å². The topological polar surface area (TPSA) is 88.0 Å². The predicted octanol–water partition coefficient (Wildman–Crippen LogP) is 4.65. The Morgan fingerprint density at radius 1 is 1.12 bits per heavy atom. The van der Waals surface area contributed by atoms with Gasteiger partial charge in [-0.3, -0.25) is 14.9 Å². The summed E-state index contributed by atoms with van der Waals surface area (Å²) in [5, 5.41) is 15.2. The summed E-state index contributed by atoms with van der Waals surface area (Å²) in [6, 6.07) is 13.2. The molecule has 0 unspecified atom stereocenters. The van der Waals surface area contributed by atoms with Gasteiger partial charge in [-0.05, 0) is 62.9 Å². The standard InChI is InChI=1S/C25H31ClN4O4/c1-18-15-21(7-10-24(18)30(32)33)27-20-5-8-23(9-6-20)34-17-25(31)29-13-11-28(12-14-29)22-4-2-3-19(26)16-22/h2-4,7,10,15-16,20,23,27H,5-6,8-9,11-14,17H2,1H3. The molecule has 1 aliphatic carbocycles. The van der Waals surface area contributed by atoms with Crippen LogP contribution in [0.15, 0.2) is 42.5 Å². The van der Waals surface area contributed by atoms with Crippen molar-refractivity contribution < 1.29 is 14.5 Å². The first kappa shape index (κ1) is 24.3. The summed E-state index contributed by atoms with van der Waals surface area (Å²) in [5.74, 6) is 0.0485. The molecule has 4 rings (SSSR count). The van der Waals surface area contributed by atoms with Gasteiger partial charge in [0, 0.05) is 60.2 Å². The van der Waals surface area contributed by atoms with Gasteiger partial charge in [-0.1, -0.05) is 17.7 Å². The van der Waals surface area contributed by atoms with Gasteiger partial charge in [-0.2, -0.15) is 0 Å². The smallest absolute Gasteiger partial charge is 0.272 e. The zero-order chi connectivity index (χ0) is 24.1. The van der Waals surface area contributed by atoms with Crippen LogP contribution in [-0.4, -0.2) is 60.7 Å². The van der Waals surface area contributed by atoms with E-state index in [1.165, 1.54) is 0 Å². The predicted molar refractivity (Wildman–Crippen MR) is 134 cm³/mol. The van der Waals surface area contributed by atoms with Crippen LogP contribution in [-0.2, 0) is 9.53 Å². The number of hydrogen-bond acceptors (Lipinski definition) is 6. The van der Waals surface area contributed by atoms with Gasteiger partial charge in [0.2, 0.25) is 5.91 Å². The van der Waals surface area contributed by atoms with Crippen molar-refractivity contribution in [3.63, 3.8) is 0 Å². The molecule has 2 aliphatic rings. The maximum absolute atomic E-state index is 12.7. The number of piperazine rings is 1. The largest absolute Gasteiger partial charge is 0.382 e. The molecule has 34 heavy (non-hydrogen) atoms. The van der Waals surface area contributed by atoms with Crippen molar-refractivity contribution in [1.82, 2.24) is 4.90 Å². The summed E-state index contributed by atoms with van der Waals surface area (Å²) in [5.41, 5.74) is 2.78. The Labute approximate surface area is 205 Å². The Morgan fingerprint density at radius 3 is 2.50 bits per heavy atom. The molecule has 2 fully saturated rings. The molecule has 8 nitrogen and oxygen atoms in total. The molecule has 182 valence electrons. The molecule has 0 spiro atoms. The maximum Gasteiger partial charge on any atom is 0.272 e. The summed E-state index contributed by atoms with van der Waals surface area (Å²) in [7, 11) is 0. The van der Waals surface area contributed by atoms with Crippen molar-refractivity contribution >= 4 is 34.6 Å². The number of ether oxygens (including phenoxy) is 1. The van der Waals surface area contributed by atoms with Gasteiger partial charge in [0.1, 0.15) is 6.61 Å². The molecular formula is C25H31ClN4O4. The molecule has 2 aromatic carbocycles. The minimum Gasteiger partial charge on any atom is -0.382 e. The van der Waals surface area contributed by atoms with E-state index in [9.17, 15) is 14.9 Å². The van der Waals surface area contributed by atoms with E-state index in [2.05, 4.69) is 10.2 Å². The zero-order valence-electron chi connectivity index (χ0n) is 19.4. The number of rotatable bonds is 7. The van der Waals surface area contributed by atoms with Crippen LogP contribution in [0.1, 0.15) is 31.2 Å². The summed E-state index contributed by atoms with van der Waals surface area (Å²) in [6.07, 6.45) is 3.74. The monoisotopic (exact) mass is 486 g/mol. The van der Waals surface area contributed by atoms with E-state index < -0.39 is 0 Å². The summed E-state index contributed by atoms with van der Waals surface area (Å²) in [4.78, 5) is 27.4. The third-order valence-corrected chi connectivity index (χ3v) is 6.92. The minimum absolute atomic E-state index is 0.0485. The minimum atomic E-state index is -0.359. The third-order valence-electron chi connectivity index (χ3n) is 6.69. The van der Waals surface area contributed by atoms with Crippen LogP contribution < -0.4 is 10.2 Å². The lowest BCUT2D eigenvalue weighted by atomic mass is 9.92. The molecule has 1 heterocycles. The number of nitro groups is 1. The number of halogens is 1. The fourth-order valence-electron chi connectivity index (χ4n) is 4.73. The number of aryl methyl sites for hydroxylation is 1. The van der Waals surface area contributed by atoms with Gasteiger partial charge in [0.25, 0.3) is 5.69 Å². The fraction of sp³-hybridized carbons (Fsp3) is 0.480. The van der Waals surface area contributed by atoms with Gasteiger partial charge < -0.3 is 19.9 Å². The van der Waals surface area contributed by atoms with Crippen molar-refractivity contribution in [3.05, 3.63) is 63.2 Å². The van der Waals surface area contributed by atoms with E-state index in [4.69, 9.17) is 16.3 Å². The van der Waals surface area contributed by atoms with Crippen LogP contribution >= 0.6 is 11.6 Å². The molecule has 1 N–H and O–H groups in total. The highest BCUT2D eigenvalue weighted by molar-refractivity contribution is 6.30. The molecule has 1 saturated heterocycles. The second kappa shape index (κ2) is 11.1. The van der Waals surface area contributed by atoms with Crippen LogP contribution in [0.5, 0.6) is 0 Å². The van der Waals surface area contributed by atoms with E-state index >= 15 is 0 Å². The molecule has 0 bridgehead atoms. The van der Waals surface area contributed by atoms with Crippen LogP contribution in [0.2, 0.25) is 5.02 Å². The zero-order valence-corrected chi connectivity index (χ0v) is 20.2. The second-order valence-corrected chi connectivity index (χ2v) is 9.47. The molecule has 1 aliphatic heterocycles. The van der Waals surface area contributed by atoms with Gasteiger partial charge in [0.05, 0.1) is 11.0 Å². The first-order valence-corrected chi connectivity index (χ1v) is 12.2. The molecule has 2 aromatic rings. The Bertz CT molecular complexity index is 1020. The van der Waals surface area contributed by atoms with Crippen molar-refractivity contribution in [1.29, 1.82) is 0 Å². The number of anilines is 2. The lowest BCUT2D eigenvalue weighted by molar-refractivity contribution is -0.385. The lowest BCUT2D eigenvalue weighted by Crippen LogP contribution is -2.50. The average Bonchev–Trinajstić information content (AvgIpc) is 2.83. The third kappa shape index (κ3) is 6.18. The molecule has 0 aromatic heterocycles. The van der Waals surface area contributed by atoms with Crippen LogP contribution in [0, 0.1) is 17.0 Å². The summed E-state index contributed by atoms with van der Waals surface area (Å²) in [6.45, 7) is 4.81. The number of carbonyl (C=O) groups is 1. The Kier molecular flexibility index (Phi) is 7.90. The number of amides is 1. The highest BCUT2D eigenvalue weighted by atomic mass is 35.5. The number of nitrogens with one attached hydrogen (secondary N) is 1. The van der Waals surface area contributed by atoms with Gasteiger partial charge >= 0.3 is 0 Å². The number of benzene rings is 2. The molecule has 0 atom stereocenters. The summed E-state index contributed by atoms with van der Waals surface area (Å²) >= 11 is 6.10. The van der Waals surface area contributed by atoms with Crippen LogP contribution in [0.4, 0.5) is 17.1 Å². The number of nitrogens with zero attached hydrogens (tertiary/aromatic N) is 3. The first-order valence-electron chi connectivity index (χ1n) is 11.8. The van der Waals surface area contributed by atoms with E-state index in [1.807, 2.05) is 35.2 Å². The average molecular weight is 487 g/mol. The van der Waals surface area contributed by atoms with Crippen molar-refractivity contribution in [3.8, 4) is 0 Å². The number of nitro benzene ring substituents is 1. The van der Waals surface area contributed by atoms with Crippen molar-refractivity contribution in [2.24, 2.45) is 0 Å². The van der Waals surface area contributed by atoms with E-state index in [1.54, 1.807) is 19.1 Å². The van der Waals surface area contributed by atoms with Crippen LogP contribution in [0.3, 0.4) is 0 Å². The van der Waals surface area contributed by atoms with Gasteiger partial charge in [-0.25, -0.2) is 0 Å². The summed E-state index contributed by atoms with van der Waals surface area (Å²) < 4.78 is 5.96. The van der Waals surface area contributed by atoms with Crippen LogP contribution in [0.25, 0.3) is 0 Å². The lowest BCUT2D eigenvalue weighted by Gasteiger charge is -2.36. The number of hydrogen-bond donors (Lipinski definition) is 1. The maximum atomic E-state index is 12.7. The van der Waals surface area contributed by atoms with E-state index in [-0.39, 0.29) is 29.2 Å². The normalized spacial score (nSPS) is 20.8. The molecule has 1 amide bonds. The molecular weight excluding hydrogens is 456 g/mol. The highest BCUT2D eigenvalue weighted by Gasteiger charge is 2.25. The van der Waals surface area contributed by atoms with E-state index in [0.717, 1.165) is 55.2 Å². The van der Waals surface area contributed by atoms with E-state index in [0.29, 0.717) is 24.7 Å². The van der Waals surface area contributed by atoms with Crippen molar-refractivity contribution in [2.75, 3.05) is 43.0 Å². The van der Waals surface area contributed by atoms with Gasteiger partial charge in [-0.15, -0.1) is 0 Å². The number of carbonyl (C=O) groups excluding carboxylic acids is 1. The van der Waals surface area contributed by atoms with Crippen molar-refractivity contribution in [2.45, 2.75) is 44.8 Å². The second-order valence-electron chi connectivity index (χ2n) is 9.04. The molecule has 1 saturated carbocycles. The first-order chi connectivity index (χ1) is 16.4. The Balaban J connectivity index is 1.16. The molecule has 0 radical (unpaired) electrons. The quantitative estimate of drug-likeness (QED) is 0.453.